The molecule has 216 valence electrons. The average Bonchev–Trinajstić information content (AvgIpc) is 2.90. The molecule has 6 nitrogen and oxygen atoms in total. The lowest BCUT2D eigenvalue weighted by Gasteiger charge is -2.52. The molecule has 1 heterocycles. The topological polar surface area (TPSA) is 87.8 Å². The Labute approximate surface area is 225 Å². The van der Waals surface area contributed by atoms with Gasteiger partial charge in [0.05, 0.1) is 11.2 Å². The van der Waals surface area contributed by atoms with Crippen LogP contribution in [0.2, 0.25) is 0 Å². The van der Waals surface area contributed by atoms with E-state index in [9.17, 15) is 23.1 Å². The van der Waals surface area contributed by atoms with E-state index < -0.39 is 35.3 Å². The molecule has 38 heavy (non-hydrogen) atoms. The molecule has 1 aliphatic carbocycles. The van der Waals surface area contributed by atoms with Crippen molar-refractivity contribution in [3.63, 3.8) is 0 Å². The van der Waals surface area contributed by atoms with Crippen LogP contribution in [0.15, 0.2) is 24.3 Å². The van der Waals surface area contributed by atoms with E-state index in [1.807, 2.05) is 7.05 Å². The number of rotatable bonds is 12. The molecule has 0 aromatic heterocycles. The number of halogens is 3. The molecule has 2 unspecified atom stereocenters. The summed E-state index contributed by atoms with van der Waals surface area (Å²) < 4.78 is 47.9. The Hall–Kier alpha value is -1.84. The Balaban J connectivity index is 2.10. The fraction of sp³-hybridized carbons (Fsp3) is 0.759. The van der Waals surface area contributed by atoms with Crippen LogP contribution in [0.3, 0.4) is 0 Å². The highest BCUT2D eigenvalue weighted by Gasteiger charge is 2.52. The second-order valence-corrected chi connectivity index (χ2v) is 11.2. The minimum atomic E-state index is -4.61. The summed E-state index contributed by atoms with van der Waals surface area (Å²) >= 11 is 0. The summed E-state index contributed by atoms with van der Waals surface area (Å²) in [7, 11) is 3.44. The van der Waals surface area contributed by atoms with Crippen molar-refractivity contribution < 1.29 is 27.8 Å². The first-order valence-electron chi connectivity index (χ1n) is 14.2. The molecule has 0 spiro atoms. The van der Waals surface area contributed by atoms with Crippen molar-refractivity contribution in [2.45, 2.75) is 88.4 Å². The van der Waals surface area contributed by atoms with Crippen molar-refractivity contribution in [1.82, 2.24) is 10.2 Å². The van der Waals surface area contributed by atoms with Crippen molar-refractivity contribution in [3.05, 3.63) is 35.4 Å². The number of amides is 2. The molecule has 2 fully saturated rings. The highest BCUT2D eigenvalue weighted by Crippen LogP contribution is 2.49. The number of methoxy groups -OCH3 is 1. The number of alkyl halides is 3. The van der Waals surface area contributed by atoms with E-state index in [2.05, 4.69) is 5.32 Å². The Morgan fingerprint density at radius 3 is 2.42 bits per heavy atom. The molecule has 1 aromatic rings. The molecule has 2 aliphatic rings. The number of aliphatic hydroxyl groups is 1. The Morgan fingerprint density at radius 1 is 1.13 bits per heavy atom. The number of nitrogens with one attached hydrogen (secondary N) is 1. The van der Waals surface area contributed by atoms with E-state index in [0.717, 1.165) is 25.3 Å². The molecule has 1 saturated carbocycles. The van der Waals surface area contributed by atoms with Crippen LogP contribution in [0.1, 0.15) is 81.8 Å². The van der Waals surface area contributed by atoms with Gasteiger partial charge in [0.1, 0.15) is 0 Å². The van der Waals surface area contributed by atoms with E-state index >= 15 is 0 Å². The van der Waals surface area contributed by atoms with Gasteiger partial charge < -0.3 is 25.8 Å². The lowest BCUT2D eigenvalue weighted by Crippen LogP contribution is -2.60. The first kappa shape index (κ1) is 30.7. The number of carbonyl (C=O) groups excluding carboxylic acids is 1. The van der Waals surface area contributed by atoms with Gasteiger partial charge in [-0.1, -0.05) is 50.3 Å². The molecule has 0 radical (unpaired) electrons. The van der Waals surface area contributed by atoms with Gasteiger partial charge in [0.15, 0.2) is 0 Å². The van der Waals surface area contributed by atoms with Gasteiger partial charge in [-0.15, -0.1) is 0 Å². The Bertz CT molecular complexity index is 878. The number of hydrogen-bond donors (Lipinski definition) is 3. The van der Waals surface area contributed by atoms with E-state index in [0.29, 0.717) is 51.3 Å². The zero-order valence-corrected chi connectivity index (χ0v) is 22.9. The SMILES string of the molecule is CNC[C@H](CC1CCCCC1)C1C([C@@](O)(CCCCOC)c2ccccc2C(F)(F)F)CCCN1C(N)=O. The van der Waals surface area contributed by atoms with Crippen molar-refractivity contribution >= 4 is 6.03 Å². The van der Waals surface area contributed by atoms with Gasteiger partial charge in [0.25, 0.3) is 0 Å². The molecule has 1 aromatic carbocycles. The quantitative estimate of drug-likeness (QED) is 0.297. The van der Waals surface area contributed by atoms with Crippen LogP contribution in [0.25, 0.3) is 0 Å². The average molecular weight is 542 g/mol. The molecule has 1 aliphatic heterocycles. The maximum absolute atomic E-state index is 14.3. The van der Waals surface area contributed by atoms with Gasteiger partial charge in [0, 0.05) is 32.2 Å². The lowest BCUT2D eigenvalue weighted by atomic mass is 9.65. The fourth-order valence-electron chi connectivity index (χ4n) is 7.11. The molecule has 4 atom stereocenters. The second kappa shape index (κ2) is 14.0. The van der Waals surface area contributed by atoms with Crippen LogP contribution < -0.4 is 11.1 Å². The number of benzene rings is 1. The number of urea groups is 1. The predicted octanol–water partition coefficient (Wildman–Crippen LogP) is 5.68. The predicted molar refractivity (Wildman–Crippen MR) is 142 cm³/mol. The maximum Gasteiger partial charge on any atom is 0.416 e. The van der Waals surface area contributed by atoms with Crippen LogP contribution in [-0.4, -0.2) is 55.9 Å². The van der Waals surface area contributed by atoms with Gasteiger partial charge in [0.2, 0.25) is 0 Å². The normalized spacial score (nSPS) is 23.7. The first-order chi connectivity index (χ1) is 18.1. The van der Waals surface area contributed by atoms with E-state index in [1.165, 1.54) is 31.4 Å². The zero-order chi connectivity index (χ0) is 27.8. The largest absolute Gasteiger partial charge is 0.416 e. The number of ether oxygens (including phenoxy) is 1. The van der Waals surface area contributed by atoms with Crippen LogP contribution in [0, 0.1) is 17.8 Å². The molecule has 3 rings (SSSR count). The third-order valence-corrected chi connectivity index (χ3v) is 8.75. The summed E-state index contributed by atoms with van der Waals surface area (Å²) in [5.74, 6) is -0.127. The standard InChI is InChI=1S/C29H46F3N3O3/c1-34-20-22(19-21-11-4-3-5-12-21)26-25(15-10-17-35(26)27(33)36)28(37,16-8-9-18-38-2)23-13-6-7-14-24(23)29(30,31)32/h6-7,13-14,21-22,25-26,34,37H,3-5,8-12,15-20H2,1-2H3,(H2,33,36)/t22-,25?,26?,28+/m0/s1. The molecular formula is C29H46F3N3O3. The van der Waals surface area contributed by atoms with Gasteiger partial charge in [-0.3, -0.25) is 0 Å². The fourth-order valence-corrected chi connectivity index (χ4v) is 7.11. The summed E-state index contributed by atoms with van der Waals surface area (Å²) in [5.41, 5.74) is 3.19. The van der Waals surface area contributed by atoms with Crippen LogP contribution in [0.5, 0.6) is 0 Å². The van der Waals surface area contributed by atoms with Gasteiger partial charge in [-0.05, 0) is 75.6 Å². The number of primary amides is 1. The van der Waals surface area contributed by atoms with Crippen molar-refractivity contribution in [3.8, 4) is 0 Å². The van der Waals surface area contributed by atoms with Crippen LogP contribution >= 0.6 is 0 Å². The highest BCUT2D eigenvalue weighted by atomic mass is 19.4. The van der Waals surface area contributed by atoms with Gasteiger partial charge in [-0.2, -0.15) is 13.2 Å². The van der Waals surface area contributed by atoms with E-state index in [1.54, 1.807) is 18.1 Å². The molecule has 0 bridgehead atoms. The number of piperidine rings is 1. The maximum atomic E-state index is 14.3. The van der Waals surface area contributed by atoms with Crippen molar-refractivity contribution in [1.29, 1.82) is 0 Å². The summed E-state index contributed by atoms with van der Waals surface area (Å²) in [5, 5.41) is 15.8. The highest BCUT2D eigenvalue weighted by molar-refractivity contribution is 5.72. The number of likely N-dealkylation sites (tertiary alicyclic amines) is 1. The van der Waals surface area contributed by atoms with Crippen molar-refractivity contribution in [2.75, 3.05) is 33.9 Å². The number of unbranched alkanes of at least 4 members (excludes halogenated alkanes) is 1. The number of carbonyl (C=O) groups is 1. The summed E-state index contributed by atoms with van der Waals surface area (Å²) in [4.78, 5) is 14.4. The van der Waals surface area contributed by atoms with E-state index in [-0.39, 0.29) is 17.9 Å². The molecule has 9 heteroatoms. The number of nitrogens with zero attached hydrogens (tertiary/aromatic N) is 1. The Kier molecular flexibility index (Phi) is 11.3. The smallest absolute Gasteiger partial charge is 0.385 e. The Morgan fingerprint density at radius 2 is 1.82 bits per heavy atom. The van der Waals surface area contributed by atoms with Crippen LogP contribution in [0.4, 0.5) is 18.0 Å². The summed E-state index contributed by atoms with van der Waals surface area (Å²) in [6.07, 6.45) is 4.40. The summed E-state index contributed by atoms with van der Waals surface area (Å²) in [6, 6.07) is 4.33. The van der Waals surface area contributed by atoms with Gasteiger partial charge >= 0.3 is 12.2 Å². The van der Waals surface area contributed by atoms with E-state index in [4.69, 9.17) is 10.5 Å². The third kappa shape index (κ3) is 7.42. The first-order valence-corrected chi connectivity index (χ1v) is 14.2. The molecular weight excluding hydrogens is 495 g/mol. The second-order valence-electron chi connectivity index (χ2n) is 11.2. The third-order valence-electron chi connectivity index (χ3n) is 8.75. The van der Waals surface area contributed by atoms with Crippen LogP contribution in [-0.2, 0) is 16.5 Å². The van der Waals surface area contributed by atoms with Gasteiger partial charge in [-0.25, -0.2) is 4.79 Å². The minimum Gasteiger partial charge on any atom is -0.385 e. The summed E-state index contributed by atoms with van der Waals surface area (Å²) in [6.45, 7) is 1.51. The number of nitrogens with two attached hydrogens (primary N) is 1. The number of hydrogen-bond acceptors (Lipinski definition) is 4. The zero-order valence-electron chi connectivity index (χ0n) is 22.9. The molecule has 2 amide bonds. The molecule has 4 N–H and O–H groups in total. The molecule has 1 saturated heterocycles. The minimum absolute atomic E-state index is 0.0375. The van der Waals surface area contributed by atoms with Crippen molar-refractivity contribution in [2.24, 2.45) is 23.5 Å². The lowest BCUT2D eigenvalue weighted by molar-refractivity contribution is -0.145. The monoisotopic (exact) mass is 541 g/mol.